The summed E-state index contributed by atoms with van der Waals surface area (Å²) in [6.45, 7) is 5.47. The van der Waals surface area contributed by atoms with Crippen LogP contribution >= 0.6 is 11.6 Å². The number of carbonyl (C=O) groups is 1. The van der Waals surface area contributed by atoms with E-state index in [4.69, 9.17) is 11.6 Å². The van der Waals surface area contributed by atoms with Crippen molar-refractivity contribution in [1.82, 2.24) is 19.9 Å². The molecule has 0 aromatic carbocycles. The van der Waals surface area contributed by atoms with E-state index in [1.807, 2.05) is 24.6 Å². The zero-order valence-corrected chi connectivity index (χ0v) is 13.0. The molecule has 0 aliphatic heterocycles. The lowest BCUT2D eigenvalue weighted by molar-refractivity contribution is 0.0952. The van der Waals surface area contributed by atoms with E-state index in [1.54, 1.807) is 24.7 Å². The van der Waals surface area contributed by atoms with Crippen molar-refractivity contribution in [3.05, 3.63) is 47.3 Å². The van der Waals surface area contributed by atoms with Gasteiger partial charge in [0, 0.05) is 36.7 Å². The molecule has 6 heteroatoms. The number of aryl methyl sites for hydroxylation is 1. The summed E-state index contributed by atoms with van der Waals surface area (Å²) >= 11 is 5.97. The van der Waals surface area contributed by atoms with Gasteiger partial charge in [0.15, 0.2) is 0 Å². The summed E-state index contributed by atoms with van der Waals surface area (Å²) in [6, 6.07) is 3.39. The van der Waals surface area contributed by atoms with Gasteiger partial charge < -0.3 is 9.88 Å². The first kappa shape index (κ1) is 15.5. The van der Waals surface area contributed by atoms with Crippen molar-refractivity contribution in [2.24, 2.45) is 0 Å². The van der Waals surface area contributed by atoms with Crippen LogP contribution in [0.1, 0.15) is 42.2 Å². The number of halogens is 1. The molecular weight excluding hydrogens is 288 g/mol. The van der Waals surface area contributed by atoms with Crippen molar-refractivity contribution >= 4 is 17.5 Å². The van der Waals surface area contributed by atoms with E-state index in [2.05, 4.69) is 15.3 Å². The predicted molar refractivity (Wildman–Crippen MR) is 82.5 cm³/mol. The summed E-state index contributed by atoms with van der Waals surface area (Å²) < 4.78 is 1.98. The van der Waals surface area contributed by atoms with Gasteiger partial charge in [0.1, 0.15) is 5.15 Å². The molecule has 112 valence electrons. The summed E-state index contributed by atoms with van der Waals surface area (Å²) in [5.41, 5.74) is 1.38. The van der Waals surface area contributed by atoms with Crippen LogP contribution in [0.3, 0.4) is 0 Å². The Bertz CT molecular complexity index is 596. The van der Waals surface area contributed by atoms with Crippen LogP contribution < -0.4 is 5.32 Å². The lowest BCUT2D eigenvalue weighted by atomic mass is 10.1. The SMILES string of the molecule is CC(C)c1cc(C(=O)NCCCn2ccnc2)cc(Cl)n1. The lowest BCUT2D eigenvalue weighted by Gasteiger charge is -2.09. The van der Waals surface area contributed by atoms with Gasteiger partial charge in [0.2, 0.25) is 0 Å². The second-order valence-electron chi connectivity index (χ2n) is 5.17. The Morgan fingerprint density at radius 2 is 2.24 bits per heavy atom. The molecule has 0 aliphatic rings. The number of pyridine rings is 1. The fourth-order valence-corrected chi connectivity index (χ4v) is 2.14. The number of imidazole rings is 1. The van der Waals surface area contributed by atoms with Crippen LogP contribution in [0.5, 0.6) is 0 Å². The molecule has 2 aromatic rings. The average Bonchev–Trinajstić information content (AvgIpc) is 2.95. The molecule has 2 aromatic heterocycles. The van der Waals surface area contributed by atoms with Gasteiger partial charge in [0.25, 0.3) is 5.91 Å². The Labute approximate surface area is 129 Å². The molecule has 0 aliphatic carbocycles. The largest absolute Gasteiger partial charge is 0.352 e. The molecule has 5 nitrogen and oxygen atoms in total. The summed E-state index contributed by atoms with van der Waals surface area (Å²) in [5, 5.41) is 3.25. The maximum absolute atomic E-state index is 12.1. The molecule has 0 atom stereocenters. The van der Waals surface area contributed by atoms with Crippen molar-refractivity contribution in [3.8, 4) is 0 Å². The van der Waals surface area contributed by atoms with Gasteiger partial charge in [-0.1, -0.05) is 25.4 Å². The third-order valence-electron chi connectivity index (χ3n) is 3.11. The lowest BCUT2D eigenvalue weighted by Crippen LogP contribution is -2.25. The molecule has 1 N–H and O–H groups in total. The number of rotatable bonds is 6. The highest BCUT2D eigenvalue weighted by Crippen LogP contribution is 2.17. The normalized spacial score (nSPS) is 10.9. The number of nitrogens with one attached hydrogen (secondary N) is 1. The van der Waals surface area contributed by atoms with Crippen molar-refractivity contribution in [2.75, 3.05) is 6.54 Å². The van der Waals surface area contributed by atoms with E-state index in [1.165, 1.54) is 0 Å². The minimum absolute atomic E-state index is 0.119. The number of hydrogen-bond donors (Lipinski definition) is 1. The molecule has 21 heavy (non-hydrogen) atoms. The van der Waals surface area contributed by atoms with E-state index in [9.17, 15) is 4.79 Å². The number of carbonyl (C=O) groups excluding carboxylic acids is 1. The Morgan fingerprint density at radius 3 is 2.90 bits per heavy atom. The van der Waals surface area contributed by atoms with Gasteiger partial charge in [-0.05, 0) is 24.5 Å². The van der Waals surface area contributed by atoms with E-state index in [0.29, 0.717) is 17.3 Å². The van der Waals surface area contributed by atoms with Crippen LogP contribution in [-0.2, 0) is 6.54 Å². The Hall–Kier alpha value is -1.88. The summed E-state index contributed by atoms with van der Waals surface area (Å²) in [7, 11) is 0. The van der Waals surface area contributed by atoms with Gasteiger partial charge >= 0.3 is 0 Å². The summed E-state index contributed by atoms with van der Waals surface area (Å²) in [6.07, 6.45) is 6.25. The molecule has 0 saturated carbocycles. The van der Waals surface area contributed by atoms with Crippen LogP contribution in [0.4, 0.5) is 0 Å². The molecule has 0 saturated heterocycles. The van der Waals surface area contributed by atoms with Gasteiger partial charge in [-0.25, -0.2) is 9.97 Å². The Morgan fingerprint density at radius 1 is 1.43 bits per heavy atom. The zero-order chi connectivity index (χ0) is 15.2. The smallest absolute Gasteiger partial charge is 0.251 e. The first-order valence-electron chi connectivity index (χ1n) is 6.97. The molecule has 1 amide bonds. The Balaban J connectivity index is 1.88. The molecule has 0 spiro atoms. The number of amides is 1. The predicted octanol–water partition coefficient (Wildman–Crippen LogP) is 2.88. The van der Waals surface area contributed by atoms with Gasteiger partial charge in [-0.3, -0.25) is 4.79 Å². The van der Waals surface area contributed by atoms with Crippen LogP contribution in [0, 0.1) is 0 Å². The maximum atomic E-state index is 12.1. The number of aromatic nitrogens is 3. The van der Waals surface area contributed by atoms with Crippen LogP contribution in [0.2, 0.25) is 5.15 Å². The highest BCUT2D eigenvalue weighted by molar-refractivity contribution is 6.29. The zero-order valence-electron chi connectivity index (χ0n) is 12.2. The standard InChI is InChI=1S/C15H19ClN4O/c1-11(2)13-8-12(9-14(16)19-13)15(21)18-4-3-6-20-7-5-17-10-20/h5,7-11H,3-4,6H2,1-2H3,(H,18,21). The van der Waals surface area contributed by atoms with E-state index >= 15 is 0 Å². The second kappa shape index (κ2) is 7.22. The molecule has 0 unspecified atom stereocenters. The fourth-order valence-electron chi connectivity index (χ4n) is 1.93. The quantitative estimate of drug-likeness (QED) is 0.659. The van der Waals surface area contributed by atoms with E-state index < -0.39 is 0 Å². The molecular formula is C15H19ClN4O. The third-order valence-corrected chi connectivity index (χ3v) is 3.30. The monoisotopic (exact) mass is 306 g/mol. The van der Waals surface area contributed by atoms with E-state index in [-0.39, 0.29) is 11.8 Å². The first-order chi connectivity index (χ1) is 10.1. The molecule has 2 heterocycles. The first-order valence-corrected chi connectivity index (χ1v) is 7.35. The van der Waals surface area contributed by atoms with Crippen molar-refractivity contribution in [1.29, 1.82) is 0 Å². The average molecular weight is 307 g/mol. The highest BCUT2D eigenvalue weighted by Gasteiger charge is 2.10. The molecule has 0 fully saturated rings. The maximum Gasteiger partial charge on any atom is 0.251 e. The van der Waals surface area contributed by atoms with Crippen LogP contribution in [-0.4, -0.2) is 27.0 Å². The topological polar surface area (TPSA) is 59.8 Å². The number of nitrogens with zero attached hydrogens (tertiary/aromatic N) is 3. The highest BCUT2D eigenvalue weighted by atomic mass is 35.5. The molecule has 0 bridgehead atoms. The fraction of sp³-hybridized carbons (Fsp3) is 0.400. The van der Waals surface area contributed by atoms with Gasteiger partial charge in [-0.2, -0.15) is 0 Å². The van der Waals surface area contributed by atoms with Crippen LogP contribution in [0.15, 0.2) is 30.9 Å². The molecule has 0 radical (unpaired) electrons. The Kier molecular flexibility index (Phi) is 5.33. The minimum atomic E-state index is -0.119. The number of hydrogen-bond acceptors (Lipinski definition) is 3. The van der Waals surface area contributed by atoms with E-state index in [0.717, 1.165) is 18.7 Å². The van der Waals surface area contributed by atoms with Crippen molar-refractivity contribution in [3.63, 3.8) is 0 Å². The van der Waals surface area contributed by atoms with Crippen molar-refractivity contribution in [2.45, 2.75) is 32.7 Å². The third kappa shape index (κ3) is 4.56. The van der Waals surface area contributed by atoms with Gasteiger partial charge in [-0.15, -0.1) is 0 Å². The minimum Gasteiger partial charge on any atom is -0.352 e. The molecule has 2 rings (SSSR count). The van der Waals surface area contributed by atoms with Crippen LogP contribution in [0.25, 0.3) is 0 Å². The van der Waals surface area contributed by atoms with Gasteiger partial charge in [0.05, 0.1) is 6.33 Å². The summed E-state index contributed by atoms with van der Waals surface area (Å²) in [5.74, 6) is 0.114. The van der Waals surface area contributed by atoms with Crippen molar-refractivity contribution < 1.29 is 4.79 Å². The summed E-state index contributed by atoms with van der Waals surface area (Å²) in [4.78, 5) is 20.3. The second-order valence-corrected chi connectivity index (χ2v) is 5.56.